The lowest BCUT2D eigenvalue weighted by Crippen LogP contribution is -2.41. The van der Waals surface area contributed by atoms with Crippen LogP contribution in [0.2, 0.25) is 0 Å². The van der Waals surface area contributed by atoms with Gasteiger partial charge < -0.3 is 16.2 Å². The standard InChI is InChI=1S/C16H36N2O/c1-3-4-5-6-7-8-9-12-16(14-17)18-15(2)11-10-13-19/h15-16,18-19H,3-14,17H2,1-2H3. The summed E-state index contributed by atoms with van der Waals surface area (Å²) in [5.41, 5.74) is 5.82. The Balaban J connectivity index is 3.48. The van der Waals surface area contributed by atoms with Crippen molar-refractivity contribution in [1.29, 1.82) is 0 Å². The summed E-state index contributed by atoms with van der Waals surface area (Å²) in [4.78, 5) is 0. The molecule has 0 rings (SSSR count). The van der Waals surface area contributed by atoms with Crippen molar-refractivity contribution in [1.82, 2.24) is 5.32 Å². The van der Waals surface area contributed by atoms with Gasteiger partial charge in [0.25, 0.3) is 0 Å². The molecule has 0 spiro atoms. The first-order chi connectivity index (χ1) is 9.24. The summed E-state index contributed by atoms with van der Waals surface area (Å²) in [6, 6.07) is 0.912. The molecule has 116 valence electrons. The van der Waals surface area contributed by atoms with E-state index in [4.69, 9.17) is 10.8 Å². The van der Waals surface area contributed by atoms with Crippen LogP contribution in [0.3, 0.4) is 0 Å². The van der Waals surface area contributed by atoms with Gasteiger partial charge in [0.2, 0.25) is 0 Å². The van der Waals surface area contributed by atoms with E-state index >= 15 is 0 Å². The van der Waals surface area contributed by atoms with Gasteiger partial charge in [-0.3, -0.25) is 0 Å². The van der Waals surface area contributed by atoms with Crippen LogP contribution < -0.4 is 11.1 Å². The summed E-state index contributed by atoms with van der Waals surface area (Å²) < 4.78 is 0. The molecule has 0 fully saturated rings. The van der Waals surface area contributed by atoms with Gasteiger partial charge >= 0.3 is 0 Å². The fourth-order valence-corrected chi connectivity index (χ4v) is 2.50. The summed E-state index contributed by atoms with van der Waals surface area (Å²) in [7, 11) is 0. The molecule has 0 saturated heterocycles. The molecule has 0 aromatic carbocycles. The van der Waals surface area contributed by atoms with E-state index in [0.29, 0.717) is 12.1 Å². The van der Waals surface area contributed by atoms with Gasteiger partial charge in [-0.05, 0) is 26.2 Å². The lowest BCUT2D eigenvalue weighted by Gasteiger charge is -2.22. The van der Waals surface area contributed by atoms with Crippen LogP contribution in [0.4, 0.5) is 0 Å². The summed E-state index contributed by atoms with van der Waals surface area (Å²) in [5.74, 6) is 0. The second kappa shape index (κ2) is 14.3. The second-order valence-electron chi connectivity index (χ2n) is 5.78. The maximum Gasteiger partial charge on any atom is 0.0431 e. The lowest BCUT2D eigenvalue weighted by atomic mass is 10.0. The molecule has 0 heterocycles. The Labute approximate surface area is 120 Å². The van der Waals surface area contributed by atoms with Gasteiger partial charge in [0, 0.05) is 25.2 Å². The molecule has 0 aliphatic rings. The fourth-order valence-electron chi connectivity index (χ4n) is 2.50. The molecular formula is C16H36N2O. The molecule has 0 bridgehead atoms. The van der Waals surface area contributed by atoms with Crippen molar-refractivity contribution >= 4 is 0 Å². The number of hydrogen-bond donors (Lipinski definition) is 3. The highest BCUT2D eigenvalue weighted by Crippen LogP contribution is 2.10. The fraction of sp³-hybridized carbons (Fsp3) is 1.00. The lowest BCUT2D eigenvalue weighted by molar-refractivity contribution is 0.272. The zero-order chi connectivity index (χ0) is 14.3. The Hall–Kier alpha value is -0.120. The molecule has 0 aliphatic carbocycles. The molecule has 0 saturated carbocycles. The van der Waals surface area contributed by atoms with Crippen molar-refractivity contribution in [3.05, 3.63) is 0 Å². The Morgan fingerprint density at radius 2 is 1.58 bits per heavy atom. The van der Waals surface area contributed by atoms with Crippen LogP contribution in [-0.4, -0.2) is 30.3 Å². The molecule has 3 heteroatoms. The SMILES string of the molecule is CCCCCCCCCC(CN)NC(C)CCCO. The molecule has 19 heavy (non-hydrogen) atoms. The van der Waals surface area contributed by atoms with Gasteiger partial charge in [0.05, 0.1) is 0 Å². The molecule has 0 amide bonds. The molecule has 0 aromatic heterocycles. The van der Waals surface area contributed by atoms with Crippen LogP contribution in [0.1, 0.15) is 78.1 Å². The highest BCUT2D eigenvalue weighted by atomic mass is 16.2. The molecular weight excluding hydrogens is 236 g/mol. The highest BCUT2D eigenvalue weighted by Gasteiger charge is 2.09. The maximum absolute atomic E-state index is 8.82. The van der Waals surface area contributed by atoms with E-state index in [2.05, 4.69) is 19.2 Å². The van der Waals surface area contributed by atoms with E-state index in [-0.39, 0.29) is 6.61 Å². The first-order valence-electron chi connectivity index (χ1n) is 8.31. The van der Waals surface area contributed by atoms with Crippen LogP contribution in [-0.2, 0) is 0 Å². The monoisotopic (exact) mass is 272 g/mol. The van der Waals surface area contributed by atoms with Crippen molar-refractivity contribution in [3.63, 3.8) is 0 Å². The number of aliphatic hydroxyl groups excluding tert-OH is 1. The van der Waals surface area contributed by atoms with Crippen molar-refractivity contribution in [2.24, 2.45) is 5.73 Å². The third-order valence-electron chi connectivity index (χ3n) is 3.76. The summed E-state index contributed by atoms with van der Waals surface area (Å²) in [6.07, 6.45) is 12.6. The van der Waals surface area contributed by atoms with Crippen LogP contribution >= 0.6 is 0 Å². The summed E-state index contributed by atoms with van der Waals surface area (Å²) in [5, 5.41) is 12.4. The predicted molar refractivity (Wildman–Crippen MR) is 84.4 cm³/mol. The highest BCUT2D eigenvalue weighted by molar-refractivity contribution is 4.72. The van der Waals surface area contributed by atoms with Gasteiger partial charge in [0.15, 0.2) is 0 Å². The van der Waals surface area contributed by atoms with Gasteiger partial charge in [-0.1, -0.05) is 51.9 Å². The number of unbranched alkanes of at least 4 members (excludes halogenated alkanes) is 6. The predicted octanol–water partition coefficient (Wildman–Crippen LogP) is 3.21. The molecule has 2 atom stereocenters. The minimum absolute atomic E-state index is 0.289. The van der Waals surface area contributed by atoms with E-state index < -0.39 is 0 Å². The van der Waals surface area contributed by atoms with Gasteiger partial charge in [-0.25, -0.2) is 0 Å². The van der Waals surface area contributed by atoms with E-state index in [1.807, 2.05) is 0 Å². The minimum Gasteiger partial charge on any atom is -0.396 e. The minimum atomic E-state index is 0.289. The molecule has 3 nitrogen and oxygen atoms in total. The van der Waals surface area contributed by atoms with Crippen molar-refractivity contribution in [3.8, 4) is 0 Å². The van der Waals surface area contributed by atoms with Crippen LogP contribution in [0.15, 0.2) is 0 Å². The smallest absolute Gasteiger partial charge is 0.0431 e. The molecule has 0 radical (unpaired) electrons. The second-order valence-corrected chi connectivity index (χ2v) is 5.78. The normalized spacial score (nSPS) is 14.5. The van der Waals surface area contributed by atoms with Gasteiger partial charge in [-0.2, -0.15) is 0 Å². The van der Waals surface area contributed by atoms with Crippen molar-refractivity contribution in [2.45, 2.75) is 90.1 Å². The van der Waals surface area contributed by atoms with Crippen molar-refractivity contribution < 1.29 is 5.11 Å². The zero-order valence-electron chi connectivity index (χ0n) is 13.2. The Kier molecular flexibility index (Phi) is 14.2. The van der Waals surface area contributed by atoms with E-state index in [9.17, 15) is 0 Å². The Morgan fingerprint density at radius 3 is 2.16 bits per heavy atom. The summed E-state index contributed by atoms with van der Waals surface area (Å²) >= 11 is 0. The van der Waals surface area contributed by atoms with E-state index in [0.717, 1.165) is 19.4 Å². The molecule has 2 unspecified atom stereocenters. The molecule has 0 aromatic rings. The average molecular weight is 272 g/mol. The van der Waals surface area contributed by atoms with Crippen LogP contribution in [0, 0.1) is 0 Å². The van der Waals surface area contributed by atoms with Gasteiger partial charge in [0.1, 0.15) is 0 Å². The topological polar surface area (TPSA) is 58.3 Å². The molecule has 4 N–H and O–H groups in total. The Bertz CT molecular complexity index is 176. The zero-order valence-corrected chi connectivity index (χ0v) is 13.2. The number of nitrogens with one attached hydrogen (secondary N) is 1. The third kappa shape index (κ3) is 12.6. The summed E-state index contributed by atoms with van der Waals surface area (Å²) in [6.45, 7) is 5.45. The first kappa shape index (κ1) is 18.9. The number of nitrogens with two attached hydrogens (primary N) is 1. The van der Waals surface area contributed by atoms with Crippen molar-refractivity contribution in [2.75, 3.05) is 13.2 Å². The third-order valence-corrected chi connectivity index (χ3v) is 3.76. The number of rotatable bonds is 14. The Morgan fingerprint density at radius 1 is 0.947 bits per heavy atom. The maximum atomic E-state index is 8.82. The number of aliphatic hydroxyl groups is 1. The van der Waals surface area contributed by atoms with E-state index in [1.54, 1.807) is 0 Å². The number of hydrogen-bond acceptors (Lipinski definition) is 3. The van der Waals surface area contributed by atoms with Gasteiger partial charge in [-0.15, -0.1) is 0 Å². The van der Waals surface area contributed by atoms with Crippen LogP contribution in [0.5, 0.6) is 0 Å². The molecule has 0 aliphatic heterocycles. The largest absolute Gasteiger partial charge is 0.396 e. The quantitative estimate of drug-likeness (QED) is 0.426. The first-order valence-corrected chi connectivity index (χ1v) is 8.31. The average Bonchev–Trinajstić information content (AvgIpc) is 2.42. The van der Waals surface area contributed by atoms with E-state index in [1.165, 1.54) is 51.4 Å². The van der Waals surface area contributed by atoms with Crippen LogP contribution in [0.25, 0.3) is 0 Å².